The van der Waals surface area contributed by atoms with Gasteiger partial charge >= 0.3 is 0 Å². The van der Waals surface area contributed by atoms with Gasteiger partial charge in [-0.15, -0.1) is 0 Å². The largest absolute Gasteiger partial charge is 0.357 e. The number of hydrogen-bond acceptors (Lipinski definition) is 7. The molecule has 2 aliphatic heterocycles. The maximum Gasteiger partial charge on any atom is 0.226 e. The Morgan fingerprint density at radius 3 is 2.51 bits per heavy atom. The summed E-state index contributed by atoms with van der Waals surface area (Å²) in [7, 11) is 0. The Kier molecular flexibility index (Phi) is 6.73. The third-order valence-corrected chi connectivity index (χ3v) is 10.1. The van der Waals surface area contributed by atoms with Crippen molar-refractivity contribution in [1.82, 2.24) is 35.0 Å². The molecule has 7 rings (SSSR count). The second kappa shape index (κ2) is 10.5. The second-order valence-corrected chi connectivity index (χ2v) is 13.1. The molecule has 10 nitrogen and oxygen atoms in total. The minimum Gasteiger partial charge on any atom is -0.357 e. The lowest BCUT2D eigenvalue weighted by Gasteiger charge is -2.54. The smallest absolute Gasteiger partial charge is 0.226 e. The van der Waals surface area contributed by atoms with Crippen LogP contribution in [0, 0.1) is 22.2 Å². The van der Waals surface area contributed by atoms with Gasteiger partial charge < -0.3 is 15.5 Å². The summed E-state index contributed by atoms with van der Waals surface area (Å²) in [6, 6.07) is 9.14. The summed E-state index contributed by atoms with van der Waals surface area (Å²) in [5.41, 5.74) is 5.34. The third kappa shape index (κ3) is 4.76. The average molecular weight is 578 g/mol. The van der Waals surface area contributed by atoms with Crippen molar-refractivity contribution in [2.45, 2.75) is 65.0 Å². The first kappa shape index (κ1) is 27.6. The topological polar surface area (TPSA) is 116 Å². The van der Waals surface area contributed by atoms with Gasteiger partial charge in [0.25, 0.3) is 0 Å². The number of nitriles is 1. The number of pyridine rings is 2. The van der Waals surface area contributed by atoms with Gasteiger partial charge in [0.1, 0.15) is 11.9 Å². The Balaban J connectivity index is 1.14. The van der Waals surface area contributed by atoms with Crippen LogP contribution in [0.15, 0.2) is 49.2 Å². The quantitative estimate of drug-likeness (QED) is 0.330. The van der Waals surface area contributed by atoms with Crippen LogP contribution >= 0.6 is 0 Å². The van der Waals surface area contributed by atoms with Gasteiger partial charge in [-0.3, -0.25) is 9.48 Å². The van der Waals surface area contributed by atoms with Gasteiger partial charge in [0.05, 0.1) is 34.9 Å². The fourth-order valence-corrected chi connectivity index (χ4v) is 7.21. The van der Waals surface area contributed by atoms with E-state index in [1.54, 1.807) is 10.7 Å². The molecule has 1 amide bonds. The van der Waals surface area contributed by atoms with E-state index in [0.717, 1.165) is 79.0 Å². The Morgan fingerprint density at radius 1 is 1.09 bits per heavy atom. The number of carbonyl (C=O) groups excluding carboxylic acids is 1. The van der Waals surface area contributed by atoms with Crippen molar-refractivity contribution in [3.63, 3.8) is 0 Å². The summed E-state index contributed by atoms with van der Waals surface area (Å²) in [6.07, 6.45) is 14.4. The van der Waals surface area contributed by atoms with E-state index in [2.05, 4.69) is 56.6 Å². The summed E-state index contributed by atoms with van der Waals surface area (Å²) in [5, 5.41) is 25.6. The maximum absolute atomic E-state index is 13.0. The van der Waals surface area contributed by atoms with Gasteiger partial charge in [0, 0.05) is 73.1 Å². The Labute approximate surface area is 252 Å². The normalized spacial score (nSPS) is 19.3. The molecule has 222 valence electrons. The molecule has 0 radical (unpaired) electrons. The highest BCUT2D eigenvalue weighted by molar-refractivity contribution is 5.87. The zero-order valence-electron chi connectivity index (χ0n) is 25.2. The van der Waals surface area contributed by atoms with E-state index in [1.807, 2.05) is 38.5 Å². The van der Waals surface area contributed by atoms with Crippen LogP contribution in [-0.4, -0.2) is 62.5 Å². The summed E-state index contributed by atoms with van der Waals surface area (Å²) >= 11 is 0. The van der Waals surface area contributed by atoms with Gasteiger partial charge in [-0.25, -0.2) is 9.50 Å². The van der Waals surface area contributed by atoms with Gasteiger partial charge in [-0.1, -0.05) is 6.92 Å². The van der Waals surface area contributed by atoms with Crippen molar-refractivity contribution in [2.75, 3.05) is 31.1 Å². The van der Waals surface area contributed by atoms with Gasteiger partial charge in [-0.2, -0.15) is 15.5 Å². The minimum absolute atomic E-state index is 0.140. The molecule has 0 unspecified atom stereocenters. The molecule has 4 aromatic rings. The SMILES string of the molecule is CCC1(C(=O)NC(C)C)CCN(c2ccc(-c3cc(-c4cnn(C5CC6(CNC6)C5)c4)cn4ncc(C#N)c34)cn2)CC1. The molecule has 2 N–H and O–H groups in total. The van der Waals surface area contributed by atoms with E-state index in [4.69, 9.17) is 10.1 Å². The van der Waals surface area contributed by atoms with E-state index in [9.17, 15) is 10.1 Å². The Hall–Kier alpha value is -4.23. The fraction of sp³-hybridized carbons (Fsp3) is 0.485. The maximum atomic E-state index is 13.0. The van der Waals surface area contributed by atoms with Crippen LogP contribution in [0.5, 0.6) is 0 Å². The number of piperidine rings is 1. The first-order valence-electron chi connectivity index (χ1n) is 15.5. The van der Waals surface area contributed by atoms with Gasteiger partial charge in [0.2, 0.25) is 5.91 Å². The highest BCUT2D eigenvalue weighted by Crippen LogP contribution is 2.51. The average Bonchev–Trinajstić information content (AvgIpc) is 3.63. The number of rotatable bonds is 7. The molecule has 1 aliphatic carbocycles. The fourth-order valence-electron chi connectivity index (χ4n) is 7.21. The van der Waals surface area contributed by atoms with E-state index >= 15 is 0 Å². The van der Waals surface area contributed by atoms with E-state index < -0.39 is 0 Å². The minimum atomic E-state index is -0.315. The number of anilines is 1. The van der Waals surface area contributed by atoms with Crippen molar-refractivity contribution in [3.05, 3.63) is 54.7 Å². The molecule has 3 aliphatic rings. The van der Waals surface area contributed by atoms with Crippen molar-refractivity contribution in [1.29, 1.82) is 5.26 Å². The van der Waals surface area contributed by atoms with Crippen LogP contribution in [-0.2, 0) is 4.79 Å². The molecule has 43 heavy (non-hydrogen) atoms. The highest BCUT2D eigenvalue weighted by Gasteiger charge is 2.49. The van der Waals surface area contributed by atoms with Crippen molar-refractivity contribution >= 4 is 17.2 Å². The molecule has 1 spiro atoms. The molecule has 0 bridgehead atoms. The second-order valence-electron chi connectivity index (χ2n) is 13.1. The summed E-state index contributed by atoms with van der Waals surface area (Å²) in [6.45, 7) is 9.96. The predicted molar refractivity (Wildman–Crippen MR) is 165 cm³/mol. The molecule has 2 saturated heterocycles. The number of aromatic nitrogens is 5. The third-order valence-electron chi connectivity index (χ3n) is 10.1. The molecular weight excluding hydrogens is 538 g/mol. The number of nitrogens with one attached hydrogen (secondary N) is 2. The lowest BCUT2D eigenvalue weighted by atomic mass is 9.62. The zero-order valence-corrected chi connectivity index (χ0v) is 25.2. The van der Waals surface area contributed by atoms with E-state index in [-0.39, 0.29) is 17.4 Å². The van der Waals surface area contributed by atoms with E-state index in [0.29, 0.717) is 17.0 Å². The lowest BCUT2D eigenvalue weighted by Crippen LogP contribution is -2.60. The van der Waals surface area contributed by atoms with E-state index in [1.165, 1.54) is 12.8 Å². The van der Waals surface area contributed by atoms with Crippen LogP contribution in [0.2, 0.25) is 0 Å². The van der Waals surface area contributed by atoms with Gasteiger partial charge in [-0.05, 0) is 69.6 Å². The van der Waals surface area contributed by atoms with Crippen LogP contribution in [0.25, 0.3) is 27.8 Å². The number of nitrogens with zero attached hydrogens (tertiary/aromatic N) is 7. The molecule has 6 heterocycles. The Morgan fingerprint density at radius 2 is 1.88 bits per heavy atom. The standard InChI is InChI=1S/C33H39N9O/c1-4-33(31(43)39-22(2)3)7-9-40(10-8-33)29-6-5-23(15-36-29)28-11-24(18-42-30(28)25(14-34)16-38-42)26-17-37-41(19-26)27-12-32(13-27)20-35-21-32/h5-6,11,15-19,22,27,35H,4,7-10,12-13,20-21H2,1-3H3,(H,39,43). The van der Waals surface area contributed by atoms with Crippen molar-refractivity contribution in [2.24, 2.45) is 10.8 Å². The highest BCUT2D eigenvalue weighted by atomic mass is 16.2. The van der Waals surface area contributed by atoms with Crippen LogP contribution < -0.4 is 15.5 Å². The number of hydrogen-bond donors (Lipinski definition) is 2. The molecular formula is C33H39N9O. The molecule has 1 saturated carbocycles. The molecule has 3 fully saturated rings. The molecule has 4 aromatic heterocycles. The van der Waals surface area contributed by atoms with Crippen molar-refractivity contribution < 1.29 is 4.79 Å². The first-order chi connectivity index (χ1) is 20.8. The summed E-state index contributed by atoms with van der Waals surface area (Å²) in [4.78, 5) is 20.1. The van der Waals surface area contributed by atoms with Crippen molar-refractivity contribution in [3.8, 4) is 28.3 Å². The van der Waals surface area contributed by atoms with Gasteiger partial charge in [0.15, 0.2) is 0 Å². The zero-order chi connectivity index (χ0) is 29.8. The van der Waals surface area contributed by atoms with Crippen LogP contribution in [0.4, 0.5) is 5.82 Å². The lowest BCUT2D eigenvalue weighted by molar-refractivity contribution is -0.133. The number of fused-ring (bicyclic) bond motifs is 1. The predicted octanol–water partition coefficient (Wildman–Crippen LogP) is 4.58. The number of carbonyl (C=O) groups is 1. The monoisotopic (exact) mass is 577 g/mol. The molecule has 0 atom stereocenters. The van der Waals surface area contributed by atoms with Crippen LogP contribution in [0.3, 0.4) is 0 Å². The van der Waals surface area contributed by atoms with Crippen LogP contribution in [0.1, 0.15) is 64.5 Å². The number of amides is 1. The first-order valence-corrected chi connectivity index (χ1v) is 15.5. The Bertz CT molecular complexity index is 1690. The molecule has 0 aromatic carbocycles. The molecule has 10 heteroatoms. The summed E-state index contributed by atoms with van der Waals surface area (Å²) < 4.78 is 3.91. The summed E-state index contributed by atoms with van der Waals surface area (Å²) in [5.74, 6) is 1.07.